The lowest BCUT2D eigenvalue weighted by Gasteiger charge is -2.02. The number of hydrogen-bond donors (Lipinski definition) is 1. The molecule has 0 aliphatic heterocycles. The molecule has 3 rings (SSSR count). The molecular formula is C19H15NO2. The third-order valence-corrected chi connectivity index (χ3v) is 3.46. The van der Waals surface area contributed by atoms with Crippen molar-refractivity contribution in [2.24, 2.45) is 0 Å². The van der Waals surface area contributed by atoms with E-state index in [4.69, 9.17) is 0 Å². The minimum atomic E-state index is -0.0885. The average molecular weight is 289 g/mol. The number of aryl methyl sites for hydroxylation is 1. The van der Waals surface area contributed by atoms with Crippen LogP contribution in [0.15, 0.2) is 60.7 Å². The van der Waals surface area contributed by atoms with Crippen LogP contribution in [0.2, 0.25) is 0 Å². The molecule has 2 aromatic carbocycles. The highest BCUT2D eigenvalue weighted by Crippen LogP contribution is 2.24. The van der Waals surface area contributed by atoms with E-state index in [-0.39, 0.29) is 11.5 Å². The molecule has 0 radical (unpaired) electrons. The molecular weight excluding hydrogens is 274 g/mol. The van der Waals surface area contributed by atoms with Gasteiger partial charge in [-0.15, -0.1) is 0 Å². The molecule has 0 saturated heterocycles. The second-order valence-corrected chi connectivity index (χ2v) is 5.15. The first-order valence-corrected chi connectivity index (χ1v) is 7.01. The summed E-state index contributed by atoms with van der Waals surface area (Å²) in [6, 6.07) is 16.3. The van der Waals surface area contributed by atoms with Crippen molar-refractivity contribution >= 4 is 22.8 Å². The first-order chi connectivity index (χ1) is 10.6. The Morgan fingerprint density at radius 2 is 1.82 bits per heavy atom. The number of fused-ring (bicyclic) bond motifs is 1. The molecule has 108 valence electrons. The van der Waals surface area contributed by atoms with E-state index in [1.807, 2.05) is 43.3 Å². The van der Waals surface area contributed by atoms with Crippen LogP contribution in [0.4, 0.5) is 0 Å². The van der Waals surface area contributed by atoms with E-state index < -0.39 is 0 Å². The molecule has 0 atom stereocenters. The number of carbonyl (C=O) groups is 1. The van der Waals surface area contributed by atoms with Gasteiger partial charge in [0.05, 0.1) is 11.2 Å². The van der Waals surface area contributed by atoms with Gasteiger partial charge in [0, 0.05) is 17.0 Å². The highest BCUT2D eigenvalue weighted by molar-refractivity contribution is 6.06. The molecule has 3 nitrogen and oxygen atoms in total. The number of aromatic hydroxyl groups is 1. The molecule has 1 aromatic heterocycles. The van der Waals surface area contributed by atoms with Crippen LogP contribution >= 0.6 is 0 Å². The molecule has 0 amide bonds. The third-order valence-electron chi connectivity index (χ3n) is 3.46. The van der Waals surface area contributed by atoms with Gasteiger partial charge in [0.25, 0.3) is 0 Å². The van der Waals surface area contributed by atoms with Crippen LogP contribution in [0.5, 0.6) is 5.75 Å². The van der Waals surface area contributed by atoms with Crippen molar-refractivity contribution in [3.8, 4) is 5.75 Å². The van der Waals surface area contributed by atoms with Crippen molar-refractivity contribution in [3.63, 3.8) is 0 Å². The molecule has 0 fully saturated rings. The molecule has 22 heavy (non-hydrogen) atoms. The maximum Gasteiger partial charge on any atom is 0.185 e. The summed E-state index contributed by atoms with van der Waals surface area (Å²) in [4.78, 5) is 16.5. The largest absolute Gasteiger partial charge is 0.507 e. The van der Waals surface area contributed by atoms with E-state index >= 15 is 0 Å². The Kier molecular flexibility index (Phi) is 3.71. The number of hydrogen-bond acceptors (Lipinski definition) is 3. The maximum absolute atomic E-state index is 12.1. The van der Waals surface area contributed by atoms with Gasteiger partial charge in [-0.3, -0.25) is 4.79 Å². The number of allylic oxidation sites excluding steroid dienone is 1. The molecule has 0 aliphatic rings. The quantitative estimate of drug-likeness (QED) is 0.582. The molecule has 0 spiro atoms. The van der Waals surface area contributed by atoms with Gasteiger partial charge < -0.3 is 5.11 Å². The summed E-state index contributed by atoms with van der Waals surface area (Å²) in [6.07, 6.45) is 3.09. The highest BCUT2D eigenvalue weighted by Gasteiger charge is 2.04. The smallest absolute Gasteiger partial charge is 0.185 e. The molecule has 0 bridgehead atoms. The Morgan fingerprint density at radius 3 is 2.59 bits per heavy atom. The zero-order chi connectivity index (χ0) is 15.5. The predicted molar refractivity (Wildman–Crippen MR) is 88.0 cm³/mol. The number of aromatic nitrogens is 1. The van der Waals surface area contributed by atoms with Crippen molar-refractivity contribution in [3.05, 3.63) is 77.5 Å². The zero-order valence-corrected chi connectivity index (χ0v) is 12.2. The van der Waals surface area contributed by atoms with Crippen LogP contribution in [0, 0.1) is 6.92 Å². The topological polar surface area (TPSA) is 50.2 Å². The van der Waals surface area contributed by atoms with E-state index in [0.717, 1.165) is 5.56 Å². The fraction of sp³-hybridized carbons (Fsp3) is 0.0526. The molecule has 1 N–H and O–H groups in total. The van der Waals surface area contributed by atoms with Crippen molar-refractivity contribution in [1.29, 1.82) is 0 Å². The van der Waals surface area contributed by atoms with Crippen LogP contribution in [0.1, 0.15) is 21.6 Å². The van der Waals surface area contributed by atoms with Gasteiger partial charge in [-0.1, -0.05) is 42.0 Å². The molecule has 0 aliphatic carbocycles. The van der Waals surface area contributed by atoms with Gasteiger partial charge >= 0.3 is 0 Å². The lowest BCUT2D eigenvalue weighted by atomic mass is 10.1. The van der Waals surface area contributed by atoms with E-state index in [1.165, 1.54) is 6.08 Å². The molecule has 3 aromatic rings. The Hall–Kier alpha value is -2.94. The Morgan fingerprint density at radius 1 is 1.09 bits per heavy atom. The number of para-hydroxylation sites is 1. The monoisotopic (exact) mass is 289 g/mol. The van der Waals surface area contributed by atoms with Gasteiger partial charge in [-0.2, -0.15) is 0 Å². The van der Waals surface area contributed by atoms with Crippen molar-refractivity contribution in [2.75, 3.05) is 0 Å². The fourth-order valence-electron chi connectivity index (χ4n) is 2.24. The first-order valence-electron chi connectivity index (χ1n) is 7.01. The minimum Gasteiger partial charge on any atom is -0.507 e. The Bertz CT molecular complexity index is 864. The zero-order valence-electron chi connectivity index (χ0n) is 12.2. The number of carbonyl (C=O) groups excluding carboxylic acids is 1. The molecule has 1 heterocycles. The molecule has 0 saturated carbocycles. The number of ketones is 1. The standard InChI is InChI=1S/C19H15NO2/c1-13-6-8-14(9-7-13)18(21)11-10-15-12-19(22)16-4-2-3-5-17(16)20-15/h2-12H,1H3,(H,20,22)/b11-10+. The summed E-state index contributed by atoms with van der Waals surface area (Å²) < 4.78 is 0. The van der Waals surface area contributed by atoms with Crippen molar-refractivity contribution in [2.45, 2.75) is 6.92 Å². The minimum absolute atomic E-state index is 0.0885. The van der Waals surface area contributed by atoms with Gasteiger partial charge in [0.15, 0.2) is 5.78 Å². The van der Waals surface area contributed by atoms with E-state index in [0.29, 0.717) is 22.2 Å². The number of pyridine rings is 1. The first kappa shape index (κ1) is 14.0. The Balaban J connectivity index is 1.89. The summed E-state index contributed by atoms with van der Waals surface area (Å²) in [6.45, 7) is 1.98. The van der Waals surface area contributed by atoms with E-state index in [2.05, 4.69) is 4.98 Å². The van der Waals surface area contributed by atoms with Crippen molar-refractivity contribution < 1.29 is 9.90 Å². The number of rotatable bonds is 3. The lowest BCUT2D eigenvalue weighted by molar-refractivity contribution is 0.104. The normalized spacial score (nSPS) is 11.1. The summed E-state index contributed by atoms with van der Waals surface area (Å²) in [5.74, 6) is 0.0717. The summed E-state index contributed by atoms with van der Waals surface area (Å²) >= 11 is 0. The Labute approximate surface area is 128 Å². The van der Waals surface area contributed by atoms with E-state index in [9.17, 15) is 9.90 Å². The lowest BCUT2D eigenvalue weighted by Crippen LogP contribution is -1.94. The van der Waals surface area contributed by atoms with Gasteiger partial charge in [-0.05, 0) is 31.2 Å². The SMILES string of the molecule is Cc1ccc(C(=O)/C=C/c2cc(O)c3ccccc3n2)cc1. The number of benzene rings is 2. The predicted octanol–water partition coefficient (Wildman–Crippen LogP) is 4.14. The second kappa shape index (κ2) is 5.82. The second-order valence-electron chi connectivity index (χ2n) is 5.15. The highest BCUT2D eigenvalue weighted by atomic mass is 16.3. The van der Waals surface area contributed by atoms with Crippen molar-refractivity contribution in [1.82, 2.24) is 4.98 Å². The number of nitrogens with zero attached hydrogens (tertiary/aromatic N) is 1. The maximum atomic E-state index is 12.1. The fourth-order valence-corrected chi connectivity index (χ4v) is 2.24. The summed E-state index contributed by atoms with van der Waals surface area (Å²) in [7, 11) is 0. The molecule has 3 heteroatoms. The van der Waals surface area contributed by atoms with Gasteiger partial charge in [-0.25, -0.2) is 4.98 Å². The van der Waals surface area contributed by atoms with Gasteiger partial charge in [0.2, 0.25) is 0 Å². The molecule has 0 unspecified atom stereocenters. The van der Waals surface area contributed by atoms with Crippen LogP contribution in [-0.2, 0) is 0 Å². The van der Waals surface area contributed by atoms with E-state index in [1.54, 1.807) is 24.3 Å². The van der Waals surface area contributed by atoms with Crippen LogP contribution in [0.25, 0.3) is 17.0 Å². The summed E-state index contributed by atoms with van der Waals surface area (Å²) in [5.41, 5.74) is 3.00. The van der Waals surface area contributed by atoms with Crippen LogP contribution in [-0.4, -0.2) is 15.9 Å². The van der Waals surface area contributed by atoms with Crippen LogP contribution < -0.4 is 0 Å². The average Bonchev–Trinajstić information content (AvgIpc) is 2.53. The third kappa shape index (κ3) is 2.88. The summed E-state index contributed by atoms with van der Waals surface area (Å²) in [5, 5.41) is 10.7. The van der Waals surface area contributed by atoms with Gasteiger partial charge in [0.1, 0.15) is 5.75 Å². The van der Waals surface area contributed by atoms with Crippen LogP contribution in [0.3, 0.4) is 0 Å².